The summed E-state index contributed by atoms with van der Waals surface area (Å²) in [5.74, 6) is 4.14. The molecule has 0 aliphatic heterocycles. The van der Waals surface area contributed by atoms with E-state index in [9.17, 15) is 5.11 Å². The maximum Gasteiger partial charge on any atom is 0.0577 e. The average Bonchev–Trinajstić information content (AvgIpc) is 2.92. The smallest absolute Gasteiger partial charge is 0.0577 e. The molecule has 4 rings (SSSR count). The maximum absolute atomic E-state index is 10.1. The van der Waals surface area contributed by atoms with Crippen LogP contribution in [-0.4, -0.2) is 11.2 Å². The van der Waals surface area contributed by atoms with E-state index in [4.69, 9.17) is 0 Å². The molecule has 140 valence electrons. The van der Waals surface area contributed by atoms with Gasteiger partial charge in [0.2, 0.25) is 0 Å². The summed E-state index contributed by atoms with van der Waals surface area (Å²) >= 11 is 0. The second kappa shape index (κ2) is 5.98. The summed E-state index contributed by atoms with van der Waals surface area (Å²) < 4.78 is 0. The second-order valence-electron chi connectivity index (χ2n) is 10.5. The van der Waals surface area contributed by atoms with Gasteiger partial charge in [-0.25, -0.2) is 0 Å². The molecule has 0 bridgehead atoms. The molecule has 0 aromatic rings. The van der Waals surface area contributed by atoms with Crippen LogP contribution in [0.1, 0.15) is 79.1 Å². The van der Waals surface area contributed by atoms with E-state index in [1.165, 1.54) is 44.1 Å². The Balaban J connectivity index is 1.63. The lowest BCUT2D eigenvalue weighted by Gasteiger charge is -2.58. The molecule has 1 heteroatoms. The Kier molecular flexibility index (Phi) is 4.26. The Bertz CT molecular complexity index is 589. The van der Waals surface area contributed by atoms with Crippen LogP contribution in [0.2, 0.25) is 0 Å². The zero-order valence-electron chi connectivity index (χ0n) is 16.9. The van der Waals surface area contributed by atoms with E-state index >= 15 is 0 Å². The molecule has 1 N–H and O–H groups in total. The highest BCUT2D eigenvalue weighted by molar-refractivity contribution is 5.25. The summed E-state index contributed by atoms with van der Waals surface area (Å²) in [4.78, 5) is 0. The van der Waals surface area contributed by atoms with Crippen molar-refractivity contribution in [3.8, 4) is 0 Å². The standard InChI is InChI=1S/C24H38O/c1-15(2)16(3)20-8-9-21-19-7-6-17-14-18(25)10-12-23(17,4)22(19)11-13-24(20,21)5/h6,16,18-22,25H,1,7-14H2,2-5H3/t16-,18+,19+,20-,21+,22+,23+,24-/m1/s1. The Labute approximate surface area is 155 Å². The Morgan fingerprint density at radius 1 is 1.16 bits per heavy atom. The second-order valence-corrected chi connectivity index (χ2v) is 10.5. The Hall–Kier alpha value is -0.560. The molecular weight excluding hydrogens is 304 g/mol. The van der Waals surface area contributed by atoms with Gasteiger partial charge in [0.15, 0.2) is 0 Å². The minimum absolute atomic E-state index is 0.0861. The van der Waals surface area contributed by atoms with Crippen LogP contribution in [0.5, 0.6) is 0 Å². The quantitative estimate of drug-likeness (QED) is 0.598. The van der Waals surface area contributed by atoms with Crippen molar-refractivity contribution in [2.45, 2.75) is 85.2 Å². The van der Waals surface area contributed by atoms with E-state index in [2.05, 4.69) is 40.3 Å². The van der Waals surface area contributed by atoms with Crippen molar-refractivity contribution in [1.29, 1.82) is 0 Å². The van der Waals surface area contributed by atoms with Gasteiger partial charge >= 0.3 is 0 Å². The third-order valence-electron chi connectivity index (χ3n) is 9.53. The first kappa shape index (κ1) is 17.8. The van der Waals surface area contributed by atoms with Gasteiger partial charge in [-0.15, -0.1) is 0 Å². The highest BCUT2D eigenvalue weighted by Crippen LogP contribution is 2.67. The SMILES string of the molecule is C=C(C)[C@@H](C)[C@H]1CC[C@H]2[C@@H]3CC=C4C[C@@H](O)CC[C@]4(C)[C@H]3CC[C@]12C. The molecule has 0 amide bonds. The highest BCUT2D eigenvalue weighted by atomic mass is 16.3. The van der Waals surface area contributed by atoms with Crippen LogP contribution in [0, 0.1) is 40.4 Å². The van der Waals surface area contributed by atoms with E-state index in [1.807, 2.05) is 0 Å². The van der Waals surface area contributed by atoms with Crippen LogP contribution >= 0.6 is 0 Å². The normalized spacial score (nSPS) is 50.3. The van der Waals surface area contributed by atoms with E-state index in [1.54, 1.807) is 5.57 Å². The van der Waals surface area contributed by atoms with E-state index in [0.717, 1.165) is 36.5 Å². The van der Waals surface area contributed by atoms with Gasteiger partial charge in [0, 0.05) is 0 Å². The fourth-order valence-corrected chi connectivity index (χ4v) is 7.85. The number of hydrogen-bond acceptors (Lipinski definition) is 1. The molecule has 4 aliphatic carbocycles. The molecule has 3 saturated carbocycles. The molecule has 0 saturated heterocycles. The first-order valence-corrected chi connectivity index (χ1v) is 10.8. The van der Waals surface area contributed by atoms with Crippen LogP contribution in [0.25, 0.3) is 0 Å². The van der Waals surface area contributed by atoms with Gasteiger partial charge in [0.05, 0.1) is 6.10 Å². The van der Waals surface area contributed by atoms with Crippen molar-refractivity contribution >= 4 is 0 Å². The van der Waals surface area contributed by atoms with Gasteiger partial charge in [0.25, 0.3) is 0 Å². The Morgan fingerprint density at radius 2 is 1.92 bits per heavy atom. The summed E-state index contributed by atoms with van der Waals surface area (Å²) in [5.41, 5.74) is 3.88. The lowest BCUT2D eigenvalue weighted by atomic mass is 9.47. The van der Waals surface area contributed by atoms with Gasteiger partial charge in [-0.05, 0) is 98.7 Å². The topological polar surface area (TPSA) is 20.2 Å². The minimum Gasteiger partial charge on any atom is -0.393 e. The number of fused-ring (bicyclic) bond motifs is 5. The monoisotopic (exact) mass is 342 g/mol. The van der Waals surface area contributed by atoms with E-state index in [-0.39, 0.29) is 6.10 Å². The zero-order chi connectivity index (χ0) is 18.0. The molecule has 0 spiro atoms. The molecule has 4 aliphatic rings. The van der Waals surface area contributed by atoms with Crippen molar-refractivity contribution in [2.75, 3.05) is 0 Å². The molecule has 3 fully saturated rings. The maximum atomic E-state index is 10.1. The van der Waals surface area contributed by atoms with Crippen molar-refractivity contribution in [2.24, 2.45) is 40.4 Å². The predicted octanol–water partition coefficient (Wildman–Crippen LogP) is 6.14. The number of aliphatic hydroxyl groups excluding tert-OH is 1. The fourth-order valence-electron chi connectivity index (χ4n) is 7.85. The Morgan fingerprint density at radius 3 is 2.64 bits per heavy atom. The predicted molar refractivity (Wildman–Crippen MR) is 105 cm³/mol. The third-order valence-corrected chi connectivity index (χ3v) is 9.53. The van der Waals surface area contributed by atoms with Crippen molar-refractivity contribution in [3.63, 3.8) is 0 Å². The highest BCUT2D eigenvalue weighted by Gasteiger charge is 2.59. The third kappa shape index (κ3) is 2.52. The molecule has 0 unspecified atom stereocenters. The molecule has 0 aromatic heterocycles. The summed E-state index contributed by atoms with van der Waals surface area (Å²) in [6.07, 6.45) is 12.6. The summed E-state index contributed by atoms with van der Waals surface area (Å²) in [5, 5.41) is 10.1. The average molecular weight is 343 g/mol. The largest absolute Gasteiger partial charge is 0.393 e. The summed E-state index contributed by atoms with van der Waals surface area (Å²) in [6.45, 7) is 14.1. The fraction of sp³-hybridized carbons (Fsp3) is 0.833. The van der Waals surface area contributed by atoms with Gasteiger partial charge in [-0.1, -0.05) is 44.6 Å². The summed E-state index contributed by atoms with van der Waals surface area (Å²) in [7, 11) is 0. The van der Waals surface area contributed by atoms with Crippen LogP contribution in [0.15, 0.2) is 23.8 Å². The first-order valence-electron chi connectivity index (χ1n) is 10.8. The molecule has 25 heavy (non-hydrogen) atoms. The number of rotatable bonds is 2. The van der Waals surface area contributed by atoms with Gasteiger partial charge in [-0.3, -0.25) is 0 Å². The summed E-state index contributed by atoms with van der Waals surface area (Å²) in [6, 6.07) is 0. The molecule has 8 atom stereocenters. The number of aliphatic hydroxyl groups is 1. The number of hydrogen-bond donors (Lipinski definition) is 1. The van der Waals surface area contributed by atoms with Crippen LogP contribution in [0.3, 0.4) is 0 Å². The molecule has 0 radical (unpaired) electrons. The molecule has 1 nitrogen and oxygen atoms in total. The molecule has 0 aromatic carbocycles. The lowest BCUT2D eigenvalue weighted by Crippen LogP contribution is -2.50. The van der Waals surface area contributed by atoms with Crippen LogP contribution < -0.4 is 0 Å². The number of allylic oxidation sites excluding steroid dienone is 2. The zero-order valence-corrected chi connectivity index (χ0v) is 16.9. The van der Waals surface area contributed by atoms with Crippen LogP contribution in [-0.2, 0) is 0 Å². The lowest BCUT2D eigenvalue weighted by molar-refractivity contribution is -0.0546. The minimum atomic E-state index is -0.0861. The van der Waals surface area contributed by atoms with Crippen molar-refractivity contribution < 1.29 is 5.11 Å². The van der Waals surface area contributed by atoms with Gasteiger partial charge < -0.3 is 5.11 Å². The van der Waals surface area contributed by atoms with Crippen LogP contribution in [0.4, 0.5) is 0 Å². The van der Waals surface area contributed by atoms with Crippen molar-refractivity contribution in [1.82, 2.24) is 0 Å². The van der Waals surface area contributed by atoms with E-state index in [0.29, 0.717) is 16.7 Å². The van der Waals surface area contributed by atoms with Gasteiger partial charge in [0.1, 0.15) is 0 Å². The van der Waals surface area contributed by atoms with Gasteiger partial charge in [-0.2, -0.15) is 0 Å². The van der Waals surface area contributed by atoms with E-state index < -0.39 is 0 Å². The van der Waals surface area contributed by atoms with Crippen molar-refractivity contribution in [3.05, 3.63) is 23.8 Å². The molecular formula is C24H38O. The first-order chi connectivity index (χ1) is 11.8. The molecule has 0 heterocycles.